The second-order valence-corrected chi connectivity index (χ2v) is 4.31. The highest BCUT2D eigenvalue weighted by Gasteiger charge is 2.30. The molecule has 16 heavy (non-hydrogen) atoms. The summed E-state index contributed by atoms with van der Waals surface area (Å²) in [6.45, 7) is 5.61. The Morgan fingerprint density at radius 2 is 1.81 bits per heavy atom. The van der Waals surface area contributed by atoms with Gasteiger partial charge in [-0.1, -0.05) is 0 Å². The molecular formula is C12H17N3O. The number of rotatable bonds is 2. The van der Waals surface area contributed by atoms with E-state index in [0.717, 1.165) is 24.5 Å². The van der Waals surface area contributed by atoms with Crippen molar-refractivity contribution in [2.45, 2.75) is 19.9 Å². The van der Waals surface area contributed by atoms with Gasteiger partial charge in [-0.25, -0.2) is 4.79 Å². The summed E-state index contributed by atoms with van der Waals surface area (Å²) in [6, 6.07) is 7.75. The predicted molar refractivity (Wildman–Crippen MR) is 65.4 cm³/mol. The second kappa shape index (κ2) is 4.04. The molecule has 1 aliphatic rings. The summed E-state index contributed by atoms with van der Waals surface area (Å²) in [5.74, 6) is 0. The topological polar surface area (TPSA) is 49.6 Å². The van der Waals surface area contributed by atoms with Crippen LogP contribution in [-0.4, -0.2) is 30.1 Å². The fraction of sp³-hybridized carbons (Fsp3) is 0.417. The smallest absolute Gasteiger partial charge is 0.324 e. The summed E-state index contributed by atoms with van der Waals surface area (Å²) in [4.78, 5) is 15.7. The number of amides is 2. The Balaban J connectivity index is 2.18. The molecular weight excluding hydrogens is 202 g/mol. The Bertz CT molecular complexity index is 386. The van der Waals surface area contributed by atoms with Gasteiger partial charge < -0.3 is 10.6 Å². The van der Waals surface area contributed by atoms with Crippen LogP contribution in [0.5, 0.6) is 0 Å². The molecule has 1 aromatic carbocycles. The Morgan fingerprint density at radius 3 is 2.31 bits per heavy atom. The van der Waals surface area contributed by atoms with Gasteiger partial charge in [0, 0.05) is 30.5 Å². The van der Waals surface area contributed by atoms with E-state index in [2.05, 4.69) is 0 Å². The quantitative estimate of drug-likeness (QED) is 0.772. The molecule has 0 saturated carbocycles. The molecule has 0 unspecified atom stereocenters. The molecule has 2 N–H and O–H groups in total. The standard InChI is InChI=1S/C12H17N3O/c1-9(2)14-7-8-15(12(14)16)11-5-3-10(13)4-6-11/h3-6,9H,7-8,13H2,1-2H3. The van der Waals surface area contributed by atoms with Gasteiger partial charge in [-0.15, -0.1) is 0 Å². The monoisotopic (exact) mass is 219 g/mol. The van der Waals surface area contributed by atoms with Crippen molar-refractivity contribution < 1.29 is 4.79 Å². The molecule has 1 aromatic rings. The number of nitrogens with two attached hydrogens (primary N) is 1. The van der Waals surface area contributed by atoms with Gasteiger partial charge in [0.1, 0.15) is 0 Å². The largest absolute Gasteiger partial charge is 0.399 e. The molecule has 2 amide bonds. The normalized spacial score (nSPS) is 16.3. The second-order valence-electron chi connectivity index (χ2n) is 4.31. The molecule has 0 atom stereocenters. The van der Waals surface area contributed by atoms with Crippen LogP contribution in [0.2, 0.25) is 0 Å². The first kappa shape index (κ1) is 10.8. The minimum Gasteiger partial charge on any atom is -0.399 e. The summed E-state index contributed by atoms with van der Waals surface area (Å²) >= 11 is 0. The van der Waals surface area contributed by atoms with Crippen LogP contribution in [0.3, 0.4) is 0 Å². The van der Waals surface area contributed by atoms with Gasteiger partial charge in [0.05, 0.1) is 0 Å². The zero-order valence-corrected chi connectivity index (χ0v) is 9.68. The van der Waals surface area contributed by atoms with Crippen molar-refractivity contribution in [3.63, 3.8) is 0 Å². The van der Waals surface area contributed by atoms with Gasteiger partial charge >= 0.3 is 6.03 Å². The molecule has 4 nitrogen and oxygen atoms in total. The van der Waals surface area contributed by atoms with E-state index >= 15 is 0 Å². The van der Waals surface area contributed by atoms with Crippen LogP contribution in [0.1, 0.15) is 13.8 Å². The third-order valence-electron chi connectivity index (χ3n) is 2.87. The van der Waals surface area contributed by atoms with E-state index in [1.807, 2.05) is 43.0 Å². The van der Waals surface area contributed by atoms with Crippen LogP contribution in [-0.2, 0) is 0 Å². The zero-order chi connectivity index (χ0) is 11.7. The van der Waals surface area contributed by atoms with Crippen molar-refractivity contribution >= 4 is 17.4 Å². The van der Waals surface area contributed by atoms with Crippen LogP contribution in [0.4, 0.5) is 16.2 Å². The number of anilines is 2. The van der Waals surface area contributed by atoms with Gasteiger partial charge in [-0.3, -0.25) is 4.90 Å². The Kier molecular flexibility index (Phi) is 2.73. The number of nitrogens with zero attached hydrogens (tertiary/aromatic N) is 2. The number of nitrogen functional groups attached to an aromatic ring is 1. The first-order valence-electron chi connectivity index (χ1n) is 5.53. The molecule has 2 rings (SSSR count). The molecule has 1 fully saturated rings. The van der Waals surface area contributed by atoms with E-state index in [1.54, 1.807) is 4.90 Å². The highest BCUT2D eigenvalue weighted by Crippen LogP contribution is 2.22. The molecule has 0 aliphatic carbocycles. The minimum absolute atomic E-state index is 0.0831. The van der Waals surface area contributed by atoms with Gasteiger partial charge in [0.2, 0.25) is 0 Å². The average Bonchev–Trinajstić information content (AvgIpc) is 2.61. The summed E-state index contributed by atoms with van der Waals surface area (Å²) < 4.78 is 0. The first-order valence-corrected chi connectivity index (χ1v) is 5.53. The van der Waals surface area contributed by atoms with E-state index in [1.165, 1.54) is 0 Å². The predicted octanol–water partition coefficient (Wildman–Crippen LogP) is 1.92. The van der Waals surface area contributed by atoms with Crippen molar-refractivity contribution in [1.29, 1.82) is 0 Å². The summed E-state index contributed by atoms with van der Waals surface area (Å²) in [5.41, 5.74) is 7.26. The number of carbonyl (C=O) groups is 1. The van der Waals surface area contributed by atoms with Crippen molar-refractivity contribution in [2.24, 2.45) is 0 Å². The lowest BCUT2D eigenvalue weighted by Crippen LogP contribution is -2.36. The Labute approximate surface area is 95.6 Å². The van der Waals surface area contributed by atoms with Gasteiger partial charge in [0.25, 0.3) is 0 Å². The minimum atomic E-state index is 0.0831. The van der Waals surface area contributed by atoms with Crippen LogP contribution >= 0.6 is 0 Å². The van der Waals surface area contributed by atoms with E-state index in [4.69, 9.17) is 5.73 Å². The third kappa shape index (κ3) is 1.83. The van der Waals surface area contributed by atoms with Crippen molar-refractivity contribution in [3.05, 3.63) is 24.3 Å². The van der Waals surface area contributed by atoms with Crippen molar-refractivity contribution in [2.75, 3.05) is 23.7 Å². The van der Waals surface area contributed by atoms with E-state index in [0.29, 0.717) is 0 Å². The number of carbonyl (C=O) groups excluding carboxylic acids is 1. The van der Waals surface area contributed by atoms with Crippen molar-refractivity contribution in [3.8, 4) is 0 Å². The highest BCUT2D eigenvalue weighted by atomic mass is 16.2. The fourth-order valence-corrected chi connectivity index (χ4v) is 1.93. The molecule has 1 aliphatic heterocycles. The van der Waals surface area contributed by atoms with E-state index in [-0.39, 0.29) is 12.1 Å². The number of hydrogen-bond donors (Lipinski definition) is 1. The zero-order valence-electron chi connectivity index (χ0n) is 9.68. The maximum atomic E-state index is 12.1. The summed E-state index contributed by atoms with van der Waals surface area (Å²) in [7, 11) is 0. The molecule has 0 aromatic heterocycles. The lowest BCUT2D eigenvalue weighted by molar-refractivity contribution is 0.209. The molecule has 0 bridgehead atoms. The molecule has 0 radical (unpaired) electrons. The van der Waals surface area contributed by atoms with E-state index in [9.17, 15) is 4.79 Å². The molecule has 4 heteroatoms. The van der Waals surface area contributed by atoms with Crippen LogP contribution in [0, 0.1) is 0 Å². The number of hydrogen-bond acceptors (Lipinski definition) is 2. The van der Waals surface area contributed by atoms with Gasteiger partial charge in [0.15, 0.2) is 0 Å². The molecule has 1 saturated heterocycles. The number of urea groups is 1. The molecule has 86 valence electrons. The van der Waals surface area contributed by atoms with Crippen molar-refractivity contribution in [1.82, 2.24) is 4.90 Å². The SMILES string of the molecule is CC(C)N1CCN(c2ccc(N)cc2)C1=O. The Morgan fingerprint density at radius 1 is 1.19 bits per heavy atom. The third-order valence-corrected chi connectivity index (χ3v) is 2.87. The maximum Gasteiger partial charge on any atom is 0.324 e. The lowest BCUT2D eigenvalue weighted by Gasteiger charge is -2.21. The van der Waals surface area contributed by atoms with Crippen LogP contribution < -0.4 is 10.6 Å². The van der Waals surface area contributed by atoms with Gasteiger partial charge in [-0.2, -0.15) is 0 Å². The van der Waals surface area contributed by atoms with Crippen LogP contribution in [0.25, 0.3) is 0 Å². The van der Waals surface area contributed by atoms with Crippen LogP contribution in [0.15, 0.2) is 24.3 Å². The average molecular weight is 219 g/mol. The van der Waals surface area contributed by atoms with Gasteiger partial charge in [-0.05, 0) is 38.1 Å². The lowest BCUT2D eigenvalue weighted by atomic mass is 10.2. The highest BCUT2D eigenvalue weighted by molar-refractivity contribution is 5.94. The maximum absolute atomic E-state index is 12.1. The summed E-state index contributed by atoms with van der Waals surface area (Å²) in [6.07, 6.45) is 0. The number of benzene rings is 1. The summed E-state index contributed by atoms with van der Waals surface area (Å²) in [5, 5.41) is 0. The molecule has 0 spiro atoms. The Hall–Kier alpha value is -1.71. The van der Waals surface area contributed by atoms with E-state index < -0.39 is 0 Å². The first-order chi connectivity index (χ1) is 7.59. The fourth-order valence-electron chi connectivity index (χ4n) is 1.93. The molecule has 1 heterocycles.